The maximum absolute atomic E-state index is 11.0. The van der Waals surface area contributed by atoms with E-state index in [0.717, 1.165) is 19.5 Å². The second-order valence-corrected chi connectivity index (χ2v) is 3.78. The van der Waals surface area contributed by atoms with Crippen LogP contribution in [-0.2, 0) is 4.79 Å². The van der Waals surface area contributed by atoms with Crippen LogP contribution in [-0.4, -0.2) is 35.1 Å². The largest absolute Gasteiger partial charge is 0.480 e. The lowest BCUT2D eigenvalue weighted by Gasteiger charge is -2.31. The number of carboxylic acid groups (broad SMARTS) is 1. The summed E-state index contributed by atoms with van der Waals surface area (Å²) in [6.07, 6.45) is 5.12. The number of rotatable bonds is 3. The normalized spacial score (nSPS) is 20.5. The van der Waals surface area contributed by atoms with Gasteiger partial charge in [-0.15, -0.1) is 0 Å². The number of hydrogen-bond donors (Lipinski definition) is 1. The van der Waals surface area contributed by atoms with Crippen molar-refractivity contribution in [1.29, 1.82) is 0 Å². The van der Waals surface area contributed by atoms with Gasteiger partial charge in [-0.2, -0.15) is 0 Å². The first-order valence-corrected chi connectivity index (χ1v) is 4.74. The molecule has 0 aromatic heterocycles. The molecule has 13 heavy (non-hydrogen) atoms. The van der Waals surface area contributed by atoms with Gasteiger partial charge >= 0.3 is 5.97 Å². The lowest BCUT2D eigenvalue weighted by molar-refractivity contribution is -0.144. The van der Waals surface area contributed by atoms with Crippen molar-refractivity contribution in [3.63, 3.8) is 0 Å². The Morgan fingerprint density at radius 2 is 2.15 bits per heavy atom. The summed E-state index contributed by atoms with van der Waals surface area (Å²) in [6, 6.07) is -0.329. The second kappa shape index (κ2) is 4.42. The molecule has 74 valence electrons. The SMILES string of the molecule is CC(C)C(C(=O)O)N1CC=CCC1. The average Bonchev–Trinajstić information content (AvgIpc) is 2.04. The standard InChI is InChI=1S/C10H17NO2/c1-8(2)9(10(12)13)11-6-4-3-5-7-11/h3-4,8-9H,5-7H2,1-2H3,(H,12,13). The highest BCUT2D eigenvalue weighted by Crippen LogP contribution is 2.14. The van der Waals surface area contributed by atoms with Gasteiger partial charge in [-0.3, -0.25) is 9.69 Å². The van der Waals surface area contributed by atoms with Crippen LogP contribution in [0.4, 0.5) is 0 Å². The number of carbonyl (C=O) groups is 1. The van der Waals surface area contributed by atoms with Crippen molar-refractivity contribution in [2.45, 2.75) is 26.3 Å². The maximum Gasteiger partial charge on any atom is 0.321 e. The minimum absolute atomic E-state index is 0.170. The van der Waals surface area contributed by atoms with Crippen LogP contribution in [0.5, 0.6) is 0 Å². The summed E-state index contributed by atoms with van der Waals surface area (Å²) in [5.74, 6) is -0.533. The highest BCUT2D eigenvalue weighted by molar-refractivity contribution is 5.73. The molecular weight excluding hydrogens is 166 g/mol. The molecule has 0 bridgehead atoms. The van der Waals surface area contributed by atoms with Gasteiger partial charge in [-0.05, 0) is 12.3 Å². The Balaban J connectivity index is 2.64. The van der Waals surface area contributed by atoms with E-state index in [9.17, 15) is 4.79 Å². The van der Waals surface area contributed by atoms with E-state index < -0.39 is 5.97 Å². The minimum atomic E-state index is -0.703. The average molecular weight is 183 g/mol. The molecule has 0 amide bonds. The van der Waals surface area contributed by atoms with Crippen LogP contribution in [0.25, 0.3) is 0 Å². The van der Waals surface area contributed by atoms with Crippen LogP contribution < -0.4 is 0 Å². The molecule has 1 N–H and O–H groups in total. The van der Waals surface area contributed by atoms with Crippen molar-refractivity contribution in [2.75, 3.05) is 13.1 Å². The van der Waals surface area contributed by atoms with Gasteiger partial charge < -0.3 is 5.11 Å². The van der Waals surface area contributed by atoms with Gasteiger partial charge in [0.2, 0.25) is 0 Å². The molecule has 0 aromatic carbocycles. The maximum atomic E-state index is 11.0. The second-order valence-electron chi connectivity index (χ2n) is 3.78. The first-order chi connectivity index (χ1) is 6.13. The zero-order valence-corrected chi connectivity index (χ0v) is 8.23. The highest BCUT2D eigenvalue weighted by atomic mass is 16.4. The number of hydrogen-bond acceptors (Lipinski definition) is 2. The highest BCUT2D eigenvalue weighted by Gasteiger charge is 2.28. The molecule has 0 spiro atoms. The molecule has 0 saturated heterocycles. The number of nitrogens with zero attached hydrogens (tertiary/aromatic N) is 1. The zero-order chi connectivity index (χ0) is 9.84. The third kappa shape index (κ3) is 2.56. The molecular formula is C10H17NO2. The van der Waals surface area contributed by atoms with Crippen molar-refractivity contribution in [3.05, 3.63) is 12.2 Å². The molecule has 3 nitrogen and oxygen atoms in total. The first-order valence-electron chi connectivity index (χ1n) is 4.74. The van der Waals surface area contributed by atoms with Gasteiger partial charge in [0.25, 0.3) is 0 Å². The summed E-state index contributed by atoms with van der Waals surface area (Å²) >= 11 is 0. The van der Waals surface area contributed by atoms with Crippen LogP contribution in [0.2, 0.25) is 0 Å². The number of carboxylic acids is 1. The molecule has 1 aliphatic heterocycles. The molecule has 1 atom stereocenters. The first kappa shape index (κ1) is 10.3. The molecule has 0 fully saturated rings. The smallest absolute Gasteiger partial charge is 0.321 e. The number of aliphatic carboxylic acids is 1. The Morgan fingerprint density at radius 1 is 1.46 bits per heavy atom. The van der Waals surface area contributed by atoms with Crippen molar-refractivity contribution in [1.82, 2.24) is 4.90 Å². The molecule has 0 radical (unpaired) electrons. The third-order valence-corrected chi connectivity index (χ3v) is 2.37. The van der Waals surface area contributed by atoms with Crippen LogP contribution in [0.3, 0.4) is 0 Å². The minimum Gasteiger partial charge on any atom is -0.480 e. The van der Waals surface area contributed by atoms with Crippen molar-refractivity contribution < 1.29 is 9.90 Å². The van der Waals surface area contributed by atoms with Gasteiger partial charge in [-0.25, -0.2) is 0 Å². The lowest BCUT2D eigenvalue weighted by Crippen LogP contribution is -2.46. The Bertz CT molecular complexity index is 211. The van der Waals surface area contributed by atoms with E-state index in [1.165, 1.54) is 0 Å². The van der Waals surface area contributed by atoms with E-state index in [1.54, 1.807) is 0 Å². The van der Waals surface area contributed by atoms with E-state index in [0.29, 0.717) is 0 Å². The van der Waals surface area contributed by atoms with Crippen LogP contribution in [0, 0.1) is 5.92 Å². The quantitative estimate of drug-likeness (QED) is 0.671. The van der Waals surface area contributed by atoms with Crippen LogP contribution in [0.15, 0.2) is 12.2 Å². The van der Waals surface area contributed by atoms with E-state index in [-0.39, 0.29) is 12.0 Å². The lowest BCUT2D eigenvalue weighted by atomic mass is 10.0. The van der Waals surface area contributed by atoms with E-state index in [1.807, 2.05) is 24.8 Å². The van der Waals surface area contributed by atoms with Gasteiger partial charge in [0.1, 0.15) is 6.04 Å². The molecule has 1 rings (SSSR count). The van der Waals surface area contributed by atoms with Gasteiger partial charge in [0.15, 0.2) is 0 Å². The van der Waals surface area contributed by atoms with Crippen molar-refractivity contribution in [3.8, 4) is 0 Å². The Kier molecular flexibility index (Phi) is 3.48. The summed E-state index contributed by atoms with van der Waals surface area (Å²) in [5.41, 5.74) is 0. The summed E-state index contributed by atoms with van der Waals surface area (Å²) in [6.45, 7) is 5.55. The molecule has 0 aromatic rings. The van der Waals surface area contributed by atoms with Crippen LogP contribution in [0.1, 0.15) is 20.3 Å². The monoisotopic (exact) mass is 183 g/mol. The third-order valence-electron chi connectivity index (χ3n) is 2.37. The molecule has 3 heteroatoms. The molecule has 1 heterocycles. The Hall–Kier alpha value is -0.830. The van der Waals surface area contributed by atoms with Gasteiger partial charge in [0, 0.05) is 13.1 Å². The molecule has 0 aliphatic carbocycles. The molecule has 1 unspecified atom stereocenters. The predicted octanol–water partition coefficient (Wildman–Crippen LogP) is 1.36. The van der Waals surface area contributed by atoms with E-state index in [4.69, 9.17) is 5.11 Å². The van der Waals surface area contributed by atoms with Crippen LogP contribution >= 0.6 is 0 Å². The topological polar surface area (TPSA) is 40.5 Å². The summed E-state index contributed by atoms with van der Waals surface area (Å²) in [4.78, 5) is 13.0. The summed E-state index contributed by atoms with van der Waals surface area (Å²) in [7, 11) is 0. The summed E-state index contributed by atoms with van der Waals surface area (Å²) in [5, 5.41) is 9.03. The fourth-order valence-electron chi connectivity index (χ4n) is 1.78. The Labute approximate surface area is 79.0 Å². The van der Waals surface area contributed by atoms with Crippen molar-refractivity contribution in [2.24, 2.45) is 5.92 Å². The van der Waals surface area contributed by atoms with E-state index >= 15 is 0 Å². The molecule has 0 saturated carbocycles. The molecule has 1 aliphatic rings. The van der Waals surface area contributed by atoms with E-state index in [2.05, 4.69) is 6.08 Å². The fourth-order valence-corrected chi connectivity index (χ4v) is 1.78. The fraction of sp³-hybridized carbons (Fsp3) is 0.700. The van der Waals surface area contributed by atoms with Crippen molar-refractivity contribution >= 4 is 5.97 Å². The summed E-state index contributed by atoms with van der Waals surface area (Å²) < 4.78 is 0. The van der Waals surface area contributed by atoms with Gasteiger partial charge in [0.05, 0.1) is 0 Å². The predicted molar refractivity (Wildman–Crippen MR) is 51.6 cm³/mol. The Morgan fingerprint density at radius 3 is 2.54 bits per heavy atom. The zero-order valence-electron chi connectivity index (χ0n) is 8.23. The van der Waals surface area contributed by atoms with Gasteiger partial charge in [-0.1, -0.05) is 26.0 Å².